The van der Waals surface area contributed by atoms with Gasteiger partial charge in [0.1, 0.15) is 17.1 Å². The van der Waals surface area contributed by atoms with Crippen LogP contribution in [0.2, 0.25) is 5.02 Å². The highest BCUT2D eigenvalue weighted by Crippen LogP contribution is 2.34. The van der Waals surface area contributed by atoms with E-state index in [2.05, 4.69) is 4.74 Å². The molecule has 0 saturated heterocycles. The smallest absolute Gasteiger partial charge is 0.432 e. The van der Waals surface area contributed by atoms with Crippen LogP contribution in [-0.4, -0.2) is 17.6 Å². The number of alkyl halides is 3. The molecule has 0 atom stereocenters. The zero-order valence-corrected chi connectivity index (χ0v) is 15.4. The van der Waals surface area contributed by atoms with E-state index < -0.39 is 40.2 Å². The van der Waals surface area contributed by atoms with Crippen molar-refractivity contribution in [1.82, 2.24) is 4.98 Å². The fourth-order valence-corrected chi connectivity index (χ4v) is 2.94. The molecule has 1 N–H and O–H groups in total. The second-order valence-electron chi connectivity index (χ2n) is 6.01. The molecular weight excluding hydrogens is 390 g/mol. The number of H-pyrrole nitrogens is 1. The van der Waals surface area contributed by atoms with Crippen LogP contribution in [0.4, 0.5) is 17.6 Å². The van der Waals surface area contributed by atoms with Gasteiger partial charge in [-0.3, -0.25) is 4.79 Å². The third-order valence-electron chi connectivity index (χ3n) is 3.84. The SMILES string of the molecule is CCOC(=O)c1c(C(F)(F)F)[nH]cc(-c2cc(C(C)C)c(Cl)cc2F)c1=O. The monoisotopic (exact) mass is 405 g/mol. The van der Waals surface area contributed by atoms with Gasteiger partial charge in [-0.2, -0.15) is 13.2 Å². The minimum atomic E-state index is -5.00. The molecule has 1 aromatic carbocycles. The molecule has 0 radical (unpaired) electrons. The lowest BCUT2D eigenvalue weighted by atomic mass is 9.96. The molecule has 4 nitrogen and oxygen atoms in total. The summed E-state index contributed by atoms with van der Waals surface area (Å²) in [4.78, 5) is 26.5. The van der Waals surface area contributed by atoms with E-state index in [1.165, 1.54) is 13.0 Å². The summed E-state index contributed by atoms with van der Waals surface area (Å²) in [6.45, 7) is 4.72. The number of carbonyl (C=O) groups is 1. The molecule has 0 aliphatic carbocycles. The lowest BCUT2D eigenvalue weighted by molar-refractivity contribution is -0.141. The lowest BCUT2D eigenvalue weighted by Crippen LogP contribution is -2.27. The first-order valence-electron chi connectivity index (χ1n) is 7.98. The van der Waals surface area contributed by atoms with Crippen LogP contribution in [0.15, 0.2) is 23.1 Å². The van der Waals surface area contributed by atoms with Crippen molar-refractivity contribution < 1.29 is 27.1 Å². The van der Waals surface area contributed by atoms with Crippen LogP contribution in [-0.2, 0) is 10.9 Å². The predicted molar refractivity (Wildman–Crippen MR) is 92.5 cm³/mol. The molecule has 1 aromatic heterocycles. The largest absolute Gasteiger partial charge is 0.462 e. The number of carbonyl (C=O) groups excluding carboxylic acids is 1. The maximum Gasteiger partial charge on any atom is 0.432 e. The van der Waals surface area contributed by atoms with Gasteiger partial charge < -0.3 is 9.72 Å². The summed E-state index contributed by atoms with van der Waals surface area (Å²) in [5, 5.41) is 0.125. The number of aromatic amines is 1. The van der Waals surface area contributed by atoms with Gasteiger partial charge in [0.25, 0.3) is 0 Å². The number of benzene rings is 1. The molecule has 146 valence electrons. The predicted octanol–water partition coefficient (Wildman–Crippen LogP) is 5.15. The van der Waals surface area contributed by atoms with Gasteiger partial charge in [-0.25, -0.2) is 9.18 Å². The highest BCUT2D eigenvalue weighted by molar-refractivity contribution is 6.31. The fraction of sp³-hybridized carbons (Fsp3) is 0.333. The number of hydrogen-bond donors (Lipinski definition) is 1. The minimum Gasteiger partial charge on any atom is -0.462 e. The van der Waals surface area contributed by atoms with Gasteiger partial charge in [0.05, 0.1) is 6.61 Å². The van der Waals surface area contributed by atoms with Crippen LogP contribution in [0.25, 0.3) is 11.1 Å². The van der Waals surface area contributed by atoms with Gasteiger partial charge in [0.15, 0.2) is 0 Å². The number of pyridine rings is 1. The molecule has 2 rings (SSSR count). The second-order valence-corrected chi connectivity index (χ2v) is 6.42. The second kappa shape index (κ2) is 7.72. The van der Waals surface area contributed by atoms with Gasteiger partial charge in [-0.15, -0.1) is 0 Å². The van der Waals surface area contributed by atoms with Crippen LogP contribution >= 0.6 is 11.6 Å². The van der Waals surface area contributed by atoms with Crippen LogP contribution in [0, 0.1) is 5.82 Å². The quantitative estimate of drug-likeness (QED) is 0.565. The molecule has 27 heavy (non-hydrogen) atoms. The number of esters is 1. The molecule has 9 heteroatoms. The molecule has 0 aliphatic rings. The third kappa shape index (κ3) is 4.16. The summed E-state index contributed by atoms with van der Waals surface area (Å²) in [7, 11) is 0. The maximum absolute atomic E-state index is 14.4. The number of halogens is 5. The van der Waals surface area contributed by atoms with Gasteiger partial charge in [0.2, 0.25) is 5.43 Å². The Morgan fingerprint density at radius 2 is 1.89 bits per heavy atom. The Bertz CT molecular complexity index is 935. The molecule has 1 heterocycles. The molecule has 0 bridgehead atoms. The van der Waals surface area contributed by atoms with Crippen LogP contribution in [0.5, 0.6) is 0 Å². The summed E-state index contributed by atoms with van der Waals surface area (Å²) < 4.78 is 58.6. The number of aromatic nitrogens is 1. The van der Waals surface area contributed by atoms with E-state index in [1.807, 2.05) is 4.98 Å². The summed E-state index contributed by atoms with van der Waals surface area (Å²) in [6, 6.07) is 2.27. The molecule has 0 spiro atoms. The Kier molecular flexibility index (Phi) is 5.99. The first-order chi connectivity index (χ1) is 12.5. The Hall–Kier alpha value is -2.35. The number of hydrogen-bond acceptors (Lipinski definition) is 3. The Balaban J connectivity index is 2.81. The molecule has 0 unspecified atom stereocenters. The zero-order chi connectivity index (χ0) is 20.5. The lowest BCUT2D eigenvalue weighted by Gasteiger charge is -2.15. The molecular formula is C18H16ClF4NO3. The average molecular weight is 406 g/mol. The van der Waals surface area contributed by atoms with Crippen molar-refractivity contribution in [3.8, 4) is 11.1 Å². The Morgan fingerprint density at radius 3 is 2.41 bits per heavy atom. The van der Waals surface area contributed by atoms with Gasteiger partial charge in [0, 0.05) is 22.3 Å². The Labute approximate surface area is 157 Å². The van der Waals surface area contributed by atoms with E-state index in [0.29, 0.717) is 5.56 Å². The van der Waals surface area contributed by atoms with E-state index in [1.54, 1.807) is 13.8 Å². The molecule has 0 fully saturated rings. The van der Waals surface area contributed by atoms with Crippen molar-refractivity contribution >= 4 is 17.6 Å². The van der Waals surface area contributed by atoms with E-state index in [4.69, 9.17) is 11.6 Å². The summed E-state index contributed by atoms with van der Waals surface area (Å²) in [6.07, 6.45) is -4.27. The molecule has 0 saturated carbocycles. The summed E-state index contributed by atoms with van der Waals surface area (Å²) in [5.41, 5.74) is -4.23. The van der Waals surface area contributed by atoms with Gasteiger partial charge in [-0.1, -0.05) is 25.4 Å². The summed E-state index contributed by atoms with van der Waals surface area (Å²) in [5.74, 6) is -2.47. The summed E-state index contributed by atoms with van der Waals surface area (Å²) >= 11 is 5.98. The average Bonchev–Trinajstić information content (AvgIpc) is 2.54. The number of nitrogens with one attached hydrogen (secondary N) is 1. The van der Waals surface area contributed by atoms with E-state index >= 15 is 0 Å². The van der Waals surface area contributed by atoms with Gasteiger partial charge in [-0.05, 0) is 30.5 Å². The van der Waals surface area contributed by atoms with Crippen LogP contribution in [0.3, 0.4) is 0 Å². The molecule has 0 aliphatic heterocycles. The van der Waals surface area contributed by atoms with Gasteiger partial charge >= 0.3 is 12.1 Å². The van der Waals surface area contributed by atoms with Crippen LogP contribution in [0.1, 0.15) is 48.3 Å². The standard InChI is InChI=1S/C18H16ClF4NO3/c1-4-27-17(26)14-15(25)11(7-24-16(14)18(21,22)23)10-5-9(8(2)3)12(19)6-13(10)20/h5-8H,4H2,1-3H3,(H,24,25). The van der Waals surface area contributed by atoms with Crippen LogP contribution < -0.4 is 5.43 Å². The first-order valence-corrected chi connectivity index (χ1v) is 8.36. The van der Waals surface area contributed by atoms with Crippen molar-refractivity contribution in [2.24, 2.45) is 0 Å². The first kappa shape index (κ1) is 21.0. The maximum atomic E-state index is 14.4. The van der Waals surface area contributed by atoms with E-state index in [-0.39, 0.29) is 23.1 Å². The molecule has 0 amide bonds. The number of ether oxygens (including phenoxy) is 1. The third-order valence-corrected chi connectivity index (χ3v) is 4.17. The van der Waals surface area contributed by atoms with E-state index in [0.717, 1.165) is 12.3 Å². The zero-order valence-electron chi connectivity index (χ0n) is 14.6. The minimum absolute atomic E-state index is 0.125. The van der Waals surface area contributed by atoms with Crippen molar-refractivity contribution in [2.45, 2.75) is 32.9 Å². The van der Waals surface area contributed by atoms with Crippen molar-refractivity contribution in [3.63, 3.8) is 0 Å². The van der Waals surface area contributed by atoms with Crippen molar-refractivity contribution in [3.05, 3.63) is 56.2 Å². The normalized spacial score (nSPS) is 11.7. The highest BCUT2D eigenvalue weighted by Gasteiger charge is 2.39. The fourth-order valence-electron chi connectivity index (χ4n) is 2.57. The van der Waals surface area contributed by atoms with Crippen molar-refractivity contribution in [1.29, 1.82) is 0 Å². The Morgan fingerprint density at radius 1 is 1.26 bits per heavy atom. The highest BCUT2D eigenvalue weighted by atomic mass is 35.5. The molecule has 2 aromatic rings. The van der Waals surface area contributed by atoms with E-state index in [9.17, 15) is 27.2 Å². The number of rotatable bonds is 4. The topological polar surface area (TPSA) is 59.2 Å². The van der Waals surface area contributed by atoms with Crippen molar-refractivity contribution in [2.75, 3.05) is 6.61 Å².